The highest BCUT2D eigenvalue weighted by Gasteiger charge is 2.49. The summed E-state index contributed by atoms with van der Waals surface area (Å²) in [7, 11) is 0. The number of para-hydroxylation sites is 1. The molecule has 5 rings (SSSR count). The maximum absolute atomic E-state index is 11.0. The summed E-state index contributed by atoms with van der Waals surface area (Å²) in [6, 6.07) is 10.9. The van der Waals surface area contributed by atoms with Crippen molar-refractivity contribution in [2.45, 2.75) is 56.6 Å². The lowest BCUT2D eigenvalue weighted by Gasteiger charge is -2.47. The third-order valence-corrected chi connectivity index (χ3v) is 6.58. The van der Waals surface area contributed by atoms with Gasteiger partial charge in [0.15, 0.2) is 17.8 Å². The molecule has 3 aliphatic rings. The predicted octanol–water partition coefficient (Wildman–Crippen LogP) is 2.11. The summed E-state index contributed by atoms with van der Waals surface area (Å²) in [4.78, 5) is 0. The van der Waals surface area contributed by atoms with Crippen LogP contribution in [0.15, 0.2) is 24.3 Å². The number of aliphatic hydroxyl groups is 2. The Kier molecular flexibility index (Phi) is 6.24. The molecule has 2 saturated heterocycles. The number of anilines is 1. The third-order valence-electron chi connectivity index (χ3n) is 6.58. The number of hydrogen-bond acceptors (Lipinski definition) is 10. The molecule has 2 fully saturated rings. The zero-order valence-corrected chi connectivity index (χ0v) is 19.0. The number of nitrogens with zero attached hydrogens (tertiary/aromatic N) is 2. The number of fused-ring (bicyclic) bond motifs is 2. The Morgan fingerprint density at radius 1 is 1.06 bits per heavy atom. The Hall–Kier alpha value is -3.38. The van der Waals surface area contributed by atoms with Crippen molar-refractivity contribution in [1.82, 2.24) is 0 Å². The first-order valence-electron chi connectivity index (χ1n) is 11.4. The number of nitrogen functional groups attached to an aromatic ring is 1. The van der Waals surface area contributed by atoms with Crippen LogP contribution < -0.4 is 15.2 Å². The van der Waals surface area contributed by atoms with Crippen LogP contribution in [0.2, 0.25) is 0 Å². The number of nitriles is 2. The van der Waals surface area contributed by atoms with Gasteiger partial charge in [-0.25, -0.2) is 0 Å². The van der Waals surface area contributed by atoms with E-state index in [-0.39, 0.29) is 35.8 Å². The first-order valence-corrected chi connectivity index (χ1v) is 11.4. The SMILES string of the molecule is CCCC1OC[C@H]2O[C@@H](c3cc(-c4cccc5c4OCO5)c(C#N)c(N)c3C#N)[C@H](O)[C@@H](O)[C@@H]2O1. The van der Waals surface area contributed by atoms with Gasteiger partial charge in [0.2, 0.25) is 6.79 Å². The maximum atomic E-state index is 11.0. The minimum atomic E-state index is -1.41. The second kappa shape index (κ2) is 9.34. The van der Waals surface area contributed by atoms with E-state index >= 15 is 0 Å². The minimum Gasteiger partial charge on any atom is -0.454 e. The molecule has 0 bridgehead atoms. The number of hydrogen-bond donors (Lipinski definition) is 3. The molecule has 0 aromatic heterocycles. The Morgan fingerprint density at radius 3 is 2.60 bits per heavy atom. The van der Waals surface area contributed by atoms with Gasteiger partial charge in [0.05, 0.1) is 23.4 Å². The molecular formula is C25H25N3O7. The van der Waals surface area contributed by atoms with Crippen LogP contribution in [-0.4, -0.2) is 54.3 Å². The fraction of sp³-hybridized carbons (Fsp3) is 0.440. The van der Waals surface area contributed by atoms with Crippen LogP contribution in [-0.2, 0) is 14.2 Å². The normalized spacial score (nSPS) is 29.2. The predicted molar refractivity (Wildman–Crippen MR) is 121 cm³/mol. The average Bonchev–Trinajstić information content (AvgIpc) is 3.35. The second-order valence-corrected chi connectivity index (χ2v) is 8.67. The van der Waals surface area contributed by atoms with Crippen molar-refractivity contribution in [1.29, 1.82) is 10.5 Å². The van der Waals surface area contributed by atoms with E-state index in [1.54, 1.807) is 24.3 Å². The molecule has 3 aliphatic heterocycles. The Balaban J connectivity index is 1.59. The lowest BCUT2D eigenvalue weighted by atomic mass is 9.85. The van der Waals surface area contributed by atoms with Gasteiger partial charge < -0.3 is 39.6 Å². The van der Waals surface area contributed by atoms with E-state index < -0.39 is 36.8 Å². The summed E-state index contributed by atoms with van der Waals surface area (Å²) in [6.45, 7) is 2.19. The van der Waals surface area contributed by atoms with Crippen molar-refractivity contribution < 1.29 is 33.9 Å². The van der Waals surface area contributed by atoms with Crippen molar-refractivity contribution in [2.24, 2.45) is 0 Å². The molecule has 0 radical (unpaired) electrons. The number of nitrogens with two attached hydrogens (primary N) is 1. The van der Waals surface area contributed by atoms with Crippen LogP contribution in [0.4, 0.5) is 5.69 Å². The topological polar surface area (TPSA) is 160 Å². The van der Waals surface area contributed by atoms with Crippen LogP contribution in [0.5, 0.6) is 11.5 Å². The Bertz CT molecular complexity index is 1220. The summed E-state index contributed by atoms with van der Waals surface area (Å²) in [5, 5.41) is 41.8. The first-order chi connectivity index (χ1) is 17.0. The molecule has 10 nitrogen and oxygen atoms in total. The Labute approximate surface area is 201 Å². The third kappa shape index (κ3) is 3.86. The average molecular weight is 479 g/mol. The van der Waals surface area contributed by atoms with Crippen molar-refractivity contribution >= 4 is 5.69 Å². The second-order valence-electron chi connectivity index (χ2n) is 8.67. The highest BCUT2D eigenvalue weighted by Crippen LogP contribution is 2.46. The number of aliphatic hydroxyl groups excluding tert-OH is 2. The molecule has 0 amide bonds. The number of benzene rings is 2. The highest BCUT2D eigenvalue weighted by atomic mass is 16.7. The van der Waals surface area contributed by atoms with Gasteiger partial charge in [-0.05, 0) is 18.6 Å². The quantitative estimate of drug-likeness (QED) is 0.554. The van der Waals surface area contributed by atoms with Gasteiger partial charge in [-0.2, -0.15) is 10.5 Å². The molecule has 1 unspecified atom stereocenters. The van der Waals surface area contributed by atoms with Crippen LogP contribution in [0, 0.1) is 22.7 Å². The maximum Gasteiger partial charge on any atom is 0.231 e. The van der Waals surface area contributed by atoms with E-state index in [9.17, 15) is 20.7 Å². The van der Waals surface area contributed by atoms with Crippen molar-refractivity contribution in [2.75, 3.05) is 19.1 Å². The fourth-order valence-electron chi connectivity index (χ4n) is 4.85. The van der Waals surface area contributed by atoms with Gasteiger partial charge in [0.1, 0.15) is 42.7 Å². The number of rotatable bonds is 4. The molecule has 2 aromatic carbocycles. The molecule has 0 saturated carbocycles. The van der Waals surface area contributed by atoms with E-state index in [1.165, 1.54) is 0 Å². The molecule has 3 heterocycles. The molecule has 4 N–H and O–H groups in total. The Morgan fingerprint density at radius 2 is 1.86 bits per heavy atom. The molecule has 35 heavy (non-hydrogen) atoms. The van der Waals surface area contributed by atoms with Gasteiger partial charge in [-0.1, -0.05) is 25.5 Å². The van der Waals surface area contributed by atoms with Crippen molar-refractivity contribution in [3.63, 3.8) is 0 Å². The standard InChI is InChI=1S/C25H25N3O7/c1-2-4-19-31-10-18-25(35-19)22(30)21(29)24(34-18)14-7-13(15(8-26)20(28)16(14)9-27)12-5-3-6-17-23(12)33-11-32-17/h3,5-7,18-19,21-22,24-25,29-30H,2,4,10-11,28H2,1H3/t18-,19?,21-,22-,24+,25-/m1/s1. The highest BCUT2D eigenvalue weighted by molar-refractivity contribution is 5.86. The fourth-order valence-corrected chi connectivity index (χ4v) is 4.85. The molecule has 0 spiro atoms. The van der Waals surface area contributed by atoms with E-state index in [2.05, 4.69) is 6.07 Å². The van der Waals surface area contributed by atoms with Gasteiger partial charge in [-0.3, -0.25) is 0 Å². The van der Waals surface area contributed by atoms with Gasteiger partial charge >= 0.3 is 0 Å². The smallest absolute Gasteiger partial charge is 0.231 e. The largest absolute Gasteiger partial charge is 0.454 e. The van der Waals surface area contributed by atoms with E-state index in [0.717, 1.165) is 6.42 Å². The molecule has 2 aromatic rings. The van der Waals surface area contributed by atoms with Crippen molar-refractivity contribution in [3.8, 4) is 34.8 Å². The van der Waals surface area contributed by atoms with Gasteiger partial charge in [0.25, 0.3) is 0 Å². The van der Waals surface area contributed by atoms with E-state index in [4.69, 9.17) is 29.4 Å². The monoisotopic (exact) mass is 479 g/mol. The van der Waals surface area contributed by atoms with E-state index in [0.29, 0.717) is 29.0 Å². The molecule has 10 heteroatoms. The molecule has 0 aliphatic carbocycles. The number of ether oxygens (including phenoxy) is 5. The zero-order valence-electron chi connectivity index (χ0n) is 19.0. The summed E-state index contributed by atoms with van der Waals surface area (Å²) in [6.07, 6.45) is -4.27. The van der Waals surface area contributed by atoms with E-state index in [1.807, 2.05) is 13.0 Å². The van der Waals surface area contributed by atoms with Crippen LogP contribution >= 0.6 is 0 Å². The molecule has 182 valence electrons. The summed E-state index contributed by atoms with van der Waals surface area (Å²) in [5.74, 6) is 0.960. The van der Waals surface area contributed by atoms with Gasteiger partial charge in [0, 0.05) is 16.7 Å². The molecular weight excluding hydrogens is 454 g/mol. The van der Waals surface area contributed by atoms with Crippen LogP contribution in [0.25, 0.3) is 11.1 Å². The van der Waals surface area contributed by atoms with Gasteiger partial charge in [-0.15, -0.1) is 0 Å². The lowest BCUT2D eigenvalue weighted by molar-refractivity contribution is -0.327. The lowest BCUT2D eigenvalue weighted by Crippen LogP contribution is -2.60. The summed E-state index contributed by atoms with van der Waals surface area (Å²) >= 11 is 0. The van der Waals surface area contributed by atoms with Crippen LogP contribution in [0.1, 0.15) is 42.6 Å². The van der Waals surface area contributed by atoms with Crippen LogP contribution in [0.3, 0.4) is 0 Å². The summed E-state index contributed by atoms with van der Waals surface area (Å²) in [5.41, 5.74) is 7.51. The molecule has 6 atom stereocenters. The summed E-state index contributed by atoms with van der Waals surface area (Å²) < 4.78 is 28.8. The minimum absolute atomic E-state index is 0.00810. The van der Waals surface area contributed by atoms with Crippen molar-refractivity contribution in [3.05, 3.63) is 41.0 Å². The first kappa shape index (κ1) is 23.4. The zero-order chi connectivity index (χ0) is 24.7.